The summed E-state index contributed by atoms with van der Waals surface area (Å²) in [7, 11) is -3.35. The fourth-order valence-corrected chi connectivity index (χ4v) is 5.45. The molecule has 0 radical (unpaired) electrons. The van der Waals surface area contributed by atoms with Gasteiger partial charge in [0.15, 0.2) is 9.84 Å². The smallest absolute Gasteiger partial charge is 0.271 e. The number of hydrogen-bond acceptors (Lipinski definition) is 6. The van der Waals surface area contributed by atoms with Gasteiger partial charge in [0.05, 0.1) is 17.5 Å². The van der Waals surface area contributed by atoms with Gasteiger partial charge in [-0.15, -0.1) is 0 Å². The number of nitriles is 1. The highest BCUT2D eigenvalue weighted by Crippen LogP contribution is 2.32. The molecular formula is C22H17FN2O5S. The minimum Gasteiger partial charge on any atom is -0.457 e. The molecule has 0 bridgehead atoms. The third-order valence-electron chi connectivity index (χ3n) is 5.39. The van der Waals surface area contributed by atoms with Crippen LogP contribution < -0.4 is 0 Å². The maximum Gasteiger partial charge on any atom is 0.271 e. The fraction of sp³-hybridized carbons (Fsp3) is 0.227. The molecule has 0 aliphatic carbocycles. The third-order valence-corrected chi connectivity index (χ3v) is 7.14. The van der Waals surface area contributed by atoms with Crippen LogP contribution in [0, 0.1) is 17.1 Å². The molecule has 3 heterocycles. The predicted octanol–water partition coefficient (Wildman–Crippen LogP) is 2.87. The third kappa shape index (κ3) is 3.82. The first-order valence-corrected chi connectivity index (χ1v) is 11.3. The average Bonchev–Trinajstić information content (AvgIpc) is 3.32. The van der Waals surface area contributed by atoms with Crippen LogP contribution in [0.2, 0.25) is 0 Å². The number of furan rings is 1. The maximum atomic E-state index is 13.1. The number of carbonyl (C=O) groups excluding carboxylic acids is 2. The number of amides is 2. The summed E-state index contributed by atoms with van der Waals surface area (Å²) >= 11 is 0. The van der Waals surface area contributed by atoms with Gasteiger partial charge in [0.25, 0.3) is 11.8 Å². The second-order valence-electron chi connectivity index (χ2n) is 7.42. The Morgan fingerprint density at radius 3 is 2.48 bits per heavy atom. The number of carbonyl (C=O) groups is 2. The highest BCUT2D eigenvalue weighted by molar-refractivity contribution is 7.91. The average molecular weight is 440 g/mol. The molecule has 0 N–H and O–H groups in total. The first-order chi connectivity index (χ1) is 14.7. The van der Waals surface area contributed by atoms with E-state index < -0.39 is 27.7 Å². The number of hydrogen-bond donors (Lipinski definition) is 0. The number of benzene rings is 1. The SMILES string of the molecule is CC1=C(C#N)C(=O)N(C2CCS(=O)(=O)C2)C(=O)C1=Cc1ccc(-c2ccc(F)cc2)o1. The van der Waals surface area contributed by atoms with Crippen molar-refractivity contribution in [1.82, 2.24) is 4.90 Å². The van der Waals surface area contributed by atoms with E-state index in [1.165, 1.54) is 25.1 Å². The Balaban J connectivity index is 1.73. The van der Waals surface area contributed by atoms with Crippen LogP contribution in [0.3, 0.4) is 0 Å². The summed E-state index contributed by atoms with van der Waals surface area (Å²) in [6.45, 7) is 1.49. The van der Waals surface area contributed by atoms with Crippen molar-refractivity contribution in [3.63, 3.8) is 0 Å². The largest absolute Gasteiger partial charge is 0.457 e. The van der Waals surface area contributed by atoms with Crippen LogP contribution in [0.5, 0.6) is 0 Å². The summed E-state index contributed by atoms with van der Waals surface area (Å²) in [6.07, 6.45) is 1.56. The van der Waals surface area contributed by atoms with Crippen LogP contribution in [0.4, 0.5) is 4.39 Å². The van der Waals surface area contributed by atoms with Crippen molar-refractivity contribution in [3.8, 4) is 17.4 Å². The summed E-state index contributed by atoms with van der Waals surface area (Å²) in [5.41, 5.74) is 0.717. The normalized spacial score (nSPS) is 22.3. The molecule has 7 nitrogen and oxygen atoms in total. The Kier molecular flexibility index (Phi) is 5.11. The van der Waals surface area contributed by atoms with Crippen LogP contribution in [0.1, 0.15) is 19.1 Å². The van der Waals surface area contributed by atoms with Crippen LogP contribution >= 0.6 is 0 Å². The summed E-state index contributed by atoms with van der Waals surface area (Å²) in [5, 5.41) is 9.47. The van der Waals surface area contributed by atoms with E-state index >= 15 is 0 Å². The molecule has 1 unspecified atom stereocenters. The molecule has 1 fully saturated rings. The van der Waals surface area contributed by atoms with Crippen molar-refractivity contribution in [2.75, 3.05) is 11.5 Å². The van der Waals surface area contributed by atoms with Crippen LogP contribution in [0.15, 0.2) is 57.5 Å². The molecule has 2 aliphatic heterocycles. The second kappa shape index (κ2) is 7.63. The molecule has 1 aromatic heterocycles. The highest BCUT2D eigenvalue weighted by atomic mass is 32.2. The Labute approximate surface area is 178 Å². The van der Waals surface area contributed by atoms with Crippen molar-refractivity contribution < 1.29 is 26.8 Å². The minimum absolute atomic E-state index is 0.0838. The standard InChI is InChI=1S/C22H17FN2O5S/c1-13-18(10-17-6-7-20(30-17)14-2-4-15(23)5-3-14)21(26)25(22(27)19(13)11-24)16-8-9-31(28,29)12-16/h2-7,10,16H,8-9,12H2,1H3. The minimum atomic E-state index is -3.35. The van der Waals surface area contributed by atoms with Crippen molar-refractivity contribution >= 4 is 27.7 Å². The molecule has 0 saturated carbocycles. The summed E-state index contributed by atoms with van der Waals surface area (Å²) in [4.78, 5) is 26.8. The zero-order valence-electron chi connectivity index (χ0n) is 16.5. The second-order valence-corrected chi connectivity index (χ2v) is 9.64. The van der Waals surface area contributed by atoms with Gasteiger partial charge < -0.3 is 4.42 Å². The lowest BCUT2D eigenvalue weighted by atomic mass is 9.93. The summed E-state index contributed by atoms with van der Waals surface area (Å²) < 4.78 is 42.6. The molecule has 4 rings (SSSR count). The first kappa shape index (κ1) is 20.8. The molecule has 1 saturated heterocycles. The number of imide groups is 1. The van der Waals surface area contributed by atoms with Crippen LogP contribution in [0.25, 0.3) is 17.4 Å². The van der Waals surface area contributed by atoms with E-state index in [0.29, 0.717) is 17.1 Å². The number of halogens is 1. The molecule has 31 heavy (non-hydrogen) atoms. The zero-order chi connectivity index (χ0) is 22.3. The molecule has 2 aromatic rings. The molecule has 158 valence electrons. The van der Waals surface area contributed by atoms with Gasteiger partial charge in [-0.25, -0.2) is 12.8 Å². The topological polar surface area (TPSA) is 108 Å². The monoisotopic (exact) mass is 440 g/mol. The summed E-state index contributed by atoms with van der Waals surface area (Å²) in [6, 6.07) is 9.99. The maximum absolute atomic E-state index is 13.1. The van der Waals surface area contributed by atoms with Gasteiger partial charge in [0.2, 0.25) is 0 Å². The lowest BCUT2D eigenvalue weighted by molar-refractivity contribution is -0.142. The Hall–Kier alpha value is -3.51. The lowest BCUT2D eigenvalue weighted by Gasteiger charge is -2.31. The Bertz CT molecular complexity index is 1300. The molecule has 2 aliphatic rings. The van der Waals surface area contributed by atoms with Gasteiger partial charge in [-0.3, -0.25) is 14.5 Å². The predicted molar refractivity (Wildman–Crippen MR) is 109 cm³/mol. The molecular weight excluding hydrogens is 423 g/mol. The van der Waals surface area contributed by atoms with Crippen molar-refractivity contribution in [1.29, 1.82) is 5.26 Å². The van der Waals surface area contributed by atoms with E-state index in [0.717, 1.165) is 4.90 Å². The molecule has 2 amide bonds. The molecule has 1 aromatic carbocycles. The molecule has 1 atom stereocenters. The number of rotatable bonds is 3. The van der Waals surface area contributed by atoms with E-state index in [1.807, 2.05) is 6.07 Å². The van der Waals surface area contributed by atoms with Gasteiger partial charge in [-0.1, -0.05) is 0 Å². The Morgan fingerprint density at radius 2 is 1.87 bits per heavy atom. The van der Waals surface area contributed by atoms with Gasteiger partial charge in [-0.05, 0) is 61.4 Å². The molecule has 9 heteroatoms. The van der Waals surface area contributed by atoms with Gasteiger partial charge >= 0.3 is 0 Å². The van der Waals surface area contributed by atoms with E-state index in [2.05, 4.69) is 0 Å². The van der Waals surface area contributed by atoms with Crippen LogP contribution in [-0.4, -0.2) is 42.7 Å². The number of sulfone groups is 1. The molecule has 0 spiro atoms. The zero-order valence-corrected chi connectivity index (χ0v) is 17.3. The van der Waals surface area contributed by atoms with E-state index in [4.69, 9.17) is 4.42 Å². The highest BCUT2D eigenvalue weighted by Gasteiger charge is 2.43. The lowest BCUT2D eigenvalue weighted by Crippen LogP contribution is -2.49. The van der Waals surface area contributed by atoms with E-state index in [9.17, 15) is 27.7 Å². The quantitative estimate of drug-likeness (QED) is 0.536. The number of nitrogens with zero attached hydrogens (tertiary/aromatic N) is 2. The van der Waals surface area contributed by atoms with E-state index in [1.54, 1.807) is 24.3 Å². The van der Waals surface area contributed by atoms with Crippen molar-refractivity contribution in [2.45, 2.75) is 19.4 Å². The van der Waals surface area contributed by atoms with Gasteiger partial charge in [0.1, 0.15) is 29.0 Å². The summed E-state index contributed by atoms with van der Waals surface area (Å²) in [5.74, 6) is -1.50. The first-order valence-electron chi connectivity index (χ1n) is 9.47. The van der Waals surface area contributed by atoms with Crippen molar-refractivity contribution in [2.24, 2.45) is 0 Å². The Morgan fingerprint density at radius 1 is 1.16 bits per heavy atom. The van der Waals surface area contributed by atoms with Gasteiger partial charge in [-0.2, -0.15) is 5.26 Å². The van der Waals surface area contributed by atoms with E-state index in [-0.39, 0.29) is 40.5 Å². The fourth-order valence-electron chi connectivity index (χ4n) is 3.75. The van der Waals surface area contributed by atoms with Crippen molar-refractivity contribution in [3.05, 3.63) is 64.7 Å². The van der Waals surface area contributed by atoms with Gasteiger partial charge in [0, 0.05) is 11.1 Å². The van der Waals surface area contributed by atoms with Crippen LogP contribution in [-0.2, 0) is 19.4 Å².